The first-order valence-corrected chi connectivity index (χ1v) is 26.9. The van der Waals surface area contributed by atoms with E-state index < -0.39 is 5.60 Å². The van der Waals surface area contributed by atoms with E-state index in [9.17, 15) is 14.4 Å². The van der Waals surface area contributed by atoms with Crippen LogP contribution in [0.1, 0.15) is 57.8 Å². The fourth-order valence-corrected chi connectivity index (χ4v) is 10.3. The molecule has 2 saturated heterocycles. The largest absolute Gasteiger partial charge is 0.486 e. The number of nitrogens with zero attached hydrogens (tertiary/aromatic N) is 11. The predicted molar refractivity (Wildman–Crippen MR) is 291 cm³/mol. The average Bonchev–Trinajstić information content (AvgIpc) is 4.23. The summed E-state index contributed by atoms with van der Waals surface area (Å²) in [4.78, 5) is 71.9. The summed E-state index contributed by atoms with van der Waals surface area (Å²) in [5.74, 6) is 3.69. The third-order valence-corrected chi connectivity index (χ3v) is 14.4. The number of hydrogen-bond acceptors (Lipinski definition) is 19. The molecule has 0 atom stereocenters. The van der Waals surface area contributed by atoms with Crippen LogP contribution in [0.2, 0.25) is 0 Å². The van der Waals surface area contributed by atoms with Crippen molar-refractivity contribution in [1.29, 1.82) is 0 Å². The molecule has 22 heteroatoms. The molecule has 8 aromatic heterocycles. The maximum absolute atomic E-state index is 13.4. The summed E-state index contributed by atoms with van der Waals surface area (Å²) in [6, 6.07) is 14.7. The molecule has 1 N–H and O–H groups in total. The highest BCUT2D eigenvalue weighted by Crippen LogP contribution is 2.32. The number of rotatable bonds is 14. The number of fused-ring (bicyclic) bond motifs is 4. The van der Waals surface area contributed by atoms with Gasteiger partial charge in [-0.15, -0.1) is 0 Å². The molecule has 22 nitrogen and oxygen atoms in total. The van der Waals surface area contributed by atoms with Crippen molar-refractivity contribution in [2.75, 3.05) is 65.7 Å². The van der Waals surface area contributed by atoms with E-state index in [4.69, 9.17) is 32.5 Å². The van der Waals surface area contributed by atoms with E-state index in [-0.39, 0.29) is 23.3 Å². The van der Waals surface area contributed by atoms with Gasteiger partial charge in [-0.25, -0.2) is 14.8 Å². The Labute approximate surface area is 455 Å². The van der Waals surface area contributed by atoms with E-state index in [1.807, 2.05) is 45.0 Å². The molecule has 0 unspecified atom stereocenters. The number of amides is 1. The molecule has 0 bridgehead atoms. The normalized spacial score (nSPS) is 16.1. The van der Waals surface area contributed by atoms with Gasteiger partial charge < -0.3 is 56.8 Å². The molecule has 0 radical (unpaired) electrons. The standard InChI is InChI=1S/C31H36N6O6.C26H28N6O4/c1-31(2,3)43-30(39)37(20-22-17-26-27(19-33-22)41-15-14-40-26)23-6-9-35(10-7-23)11-12-36-25-16-21(29-32-8-13-42-29)18-34-24(25)4-5-28(36)38;33-25-2-1-21-22(13-18(15-30-21)26-27-5-10-36-26)32(25)9-8-31-6-3-19(4-7-31)28-16-20-14-23-24(17-29-20)35-12-11-34-23/h4-5,8,13,16-19,23H,6-7,9-12,14-15,20H2,1-3H3;1-2,5,10,13-15,17,19,28H,3-4,6-9,11-12,16H2. The lowest BCUT2D eigenvalue weighted by atomic mass is 10.0. The second-order valence-electron chi connectivity index (χ2n) is 20.9. The van der Waals surface area contributed by atoms with Gasteiger partial charge in [-0.1, -0.05) is 0 Å². The minimum absolute atomic E-state index is 0.0195. The SMILES string of the molecule is CC(C)(C)OC(=O)N(Cc1cc2c(cn1)OCCO2)C1CCN(CCn2c(=O)ccc3ncc(-c4ncco4)cc32)CC1.O=c1ccc2ncc(-c3ncco3)cc2n1CCN1CCC(NCc2cc3c(cn2)OCCO3)CC1. The molecule has 0 spiro atoms. The lowest BCUT2D eigenvalue weighted by Gasteiger charge is -2.39. The predicted octanol–water partition coefficient (Wildman–Crippen LogP) is 6.59. The second kappa shape index (κ2) is 23.8. The summed E-state index contributed by atoms with van der Waals surface area (Å²) < 4.78 is 42.7. The first-order chi connectivity index (χ1) is 38.5. The average molecular weight is 1080 g/mol. The topological polar surface area (TPSA) is 233 Å². The second-order valence-corrected chi connectivity index (χ2v) is 20.9. The third-order valence-electron chi connectivity index (χ3n) is 14.4. The zero-order chi connectivity index (χ0) is 54.3. The quantitative estimate of drug-likeness (QED) is 0.121. The Hall–Kier alpha value is -8.21. The highest BCUT2D eigenvalue weighted by Gasteiger charge is 2.32. The van der Waals surface area contributed by atoms with Crippen molar-refractivity contribution in [3.8, 4) is 45.9 Å². The minimum Gasteiger partial charge on any atom is -0.486 e. The van der Waals surface area contributed by atoms with Crippen LogP contribution >= 0.6 is 0 Å². The molecular weight excluding hydrogens is 1010 g/mol. The van der Waals surface area contributed by atoms with Gasteiger partial charge in [-0.05, 0) is 83.8 Å². The van der Waals surface area contributed by atoms with Gasteiger partial charge >= 0.3 is 6.09 Å². The lowest BCUT2D eigenvalue weighted by Crippen LogP contribution is -2.49. The number of likely N-dealkylation sites (tertiary alicyclic amines) is 2. The van der Waals surface area contributed by atoms with Crippen molar-refractivity contribution in [1.82, 2.24) is 59.1 Å². The summed E-state index contributed by atoms with van der Waals surface area (Å²) in [6.45, 7) is 14.8. The summed E-state index contributed by atoms with van der Waals surface area (Å²) in [5.41, 5.74) is 5.44. The Morgan fingerprint density at radius 2 is 1.10 bits per heavy atom. The summed E-state index contributed by atoms with van der Waals surface area (Å²) in [6.07, 6.45) is 16.3. The summed E-state index contributed by atoms with van der Waals surface area (Å²) in [7, 11) is 0. The number of aromatic nitrogens is 8. The number of carbonyl (C=O) groups is 1. The number of ether oxygens (including phenoxy) is 5. The molecule has 79 heavy (non-hydrogen) atoms. The van der Waals surface area contributed by atoms with Crippen LogP contribution in [0.15, 0.2) is 117 Å². The van der Waals surface area contributed by atoms with Crippen molar-refractivity contribution in [2.45, 2.75) is 90.3 Å². The smallest absolute Gasteiger partial charge is 0.410 e. The number of oxazole rings is 2. The zero-order valence-corrected chi connectivity index (χ0v) is 44.6. The van der Waals surface area contributed by atoms with Gasteiger partial charge in [-0.3, -0.25) is 34.4 Å². The molecule has 0 aromatic carbocycles. The maximum Gasteiger partial charge on any atom is 0.410 e. The molecule has 2 fully saturated rings. The van der Waals surface area contributed by atoms with Crippen molar-refractivity contribution in [3.05, 3.63) is 130 Å². The van der Waals surface area contributed by atoms with Crippen LogP contribution < -0.4 is 35.4 Å². The van der Waals surface area contributed by atoms with Crippen LogP contribution in [0, 0.1) is 0 Å². The molecular formula is C57H64N12O10. The number of hydrogen-bond donors (Lipinski definition) is 1. The first-order valence-electron chi connectivity index (χ1n) is 26.9. The van der Waals surface area contributed by atoms with E-state index in [2.05, 4.69) is 45.0 Å². The van der Waals surface area contributed by atoms with Crippen LogP contribution in [-0.2, 0) is 30.9 Å². The highest BCUT2D eigenvalue weighted by atomic mass is 16.6. The van der Waals surface area contributed by atoms with E-state index >= 15 is 0 Å². The van der Waals surface area contributed by atoms with E-state index in [0.29, 0.717) is 105 Å². The van der Waals surface area contributed by atoms with Crippen molar-refractivity contribution in [2.24, 2.45) is 0 Å². The van der Waals surface area contributed by atoms with Gasteiger partial charge in [0.1, 0.15) is 44.6 Å². The minimum atomic E-state index is -0.621. The molecule has 8 aromatic rings. The fraction of sp³-hybridized carbons (Fsp3) is 0.421. The molecule has 0 aliphatic carbocycles. The van der Waals surface area contributed by atoms with Crippen LogP contribution in [0.5, 0.6) is 23.0 Å². The van der Waals surface area contributed by atoms with Crippen molar-refractivity contribution >= 4 is 28.2 Å². The van der Waals surface area contributed by atoms with Crippen molar-refractivity contribution in [3.63, 3.8) is 0 Å². The maximum atomic E-state index is 13.4. The van der Waals surface area contributed by atoms with E-state index in [1.54, 1.807) is 75.5 Å². The Morgan fingerprint density at radius 3 is 1.61 bits per heavy atom. The van der Waals surface area contributed by atoms with Gasteiger partial charge in [-0.2, -0.15) is 0 Å². The van der Waals surface area contributed by atoms with Gasteiger partial charge in [0.2, 0.25) is 11.8 Å². The van der Waals surface area contributed by atoms with E-state index in [1.165, 1.54) is 12.5 Å². The Morgan fingerprint density at radius 1 is 0.608 bits per heavy atom. The Kier molecular flexibility index (Phi) is 15.9. The summed E-state index contributed by atoms with van der Waals surface area (Å²) >= 11 is 0. The van der Waals surface area contributed by atoms with Crippen LogP contribution in [0.3, 0.4) is 0 Å². The number of carbonyl (C=O) groups excluding carboxylic acids is 1. The molecule has 4 aliphatic heterocycles. The summed E-state index contributed by atoms with van der Waals surface area (Å²) in [5, 5.41) is 3.63. The van der Waals surface area contributed by atoms with Gasteiger partial charge in [0.25, 0.3) is 11.1 Å². The van der Waals surface area contributed by atoms with Crippen molar-refractivity contribution < 1.29 is 37.3 Å². The molecule has 412 valence electrons. The first kappa shape index (κ1) is 52.8. The Bertz CT molecular complexity index is 3490. The monoisotopic (exact) mass is 1080 g/mol. The zero-order valence-electron chi connectivity index (χ0n) is 44.6. The molecule has 0 saturated carbocycles. The molecule has 1 amide bonds. The van der Waals surface area contributed by atoms with E-state index in [0.717, 1.165) is 97.5 Å². The van der Waals surface area contributed by atoms with Gasteiger partial charge in [0.15, 0.2) is 23.0 Å². The number of piperidine rings is 2. The molecule has 4 aliphatic rings. The lowest BCUT2D eigenvalue weighted by molar-refractivity contribution is 0.00528. The van der Waals surface area contributed by atoms with Crippen LogP contribution in [0.25, 0.3) is 45.0 Å². The number of nitrogens with one attached hydrogen (secondary N) is 1. The fourth-order valence-electron chi connectivity index (χ4n) is 10.3. The van der Waals surface area contributed by atoms with Gasteiger partial charge in [0, 0.05) is 94.6 Å². The third kappa shape index (κ3) is 12.9. The molecule has 12 heterocycles. The highest BCUT2D eigenvalue weighted by molar-refractivity contribution is 5.80. The Balaban J connectivity index is 0.000000170. The van der Waals surface area contributed by atoms with Crippen LogP contribution in [-0.4, -0.2) is 143 Å². The molecule has 12 rings (SSSR count). The number of pyridine rings is 6. The van der Waals surface area contributed by atoms with Gasteiger partial charge in [0.05, 0.1) is 75.9 Å². The van der Waals surface area contributed by atoms with Crippen LogP contribution in [0.4, 0.5) is 4.79 Å².